The Morgan fingerprint density at radius 3 is 2.87 bits per heavy atom. The number of anilines is 1. The Morgan fingerprint density at radius 2 is 2.26 bits per heavy atom. The van der Waals surface area contributed by atoms with Crippen LogP contribution in [0.15, 0.2) is 23.4 Å². The Hall–Kier alpha value is -1.96. The van der Waals surface area contributed by atoms with Gasteiger partial charge in [0, 0.05) is 12.6 Å². The van der Waals surface area contributed by atoms with Crippen molar-refractivity contribution in [1.82, 2.24) is 9.88 Å². The standard InChI is InChI=1S/C14H15ClF2N4O2/c1-2-23-13(22)10-6-11(20-7-14(16,17)8-20)19-21(10)12-9(15)4-3-5-18-12/h3-5,10H,2,6-8H2,1H3. The summed E-state index contributed by atoms with van der Waals surface area (Å²) in [7, 11) is 0. The van der Waals surface area contributed by atoms with E-state index in [1.807, 2.05) is 0 Å². The second-order valence-corrected chi connectivity index (χ2v) is 5.76. The topological polar surface area (TPSA) is 58.0 Å². The molecule has 23 heavy (non-hydrogen) atoms. The molecule has 124 valence electrons. The summed E-state index contributed by atoms with van der Waals surface area (Å²) < 4.78 is 31.2. The van der Waals surface area contributed by atoms with E-state index in [0.29, 0.717) is 16.7 Å². The number of alkyl halides is 2. The number of aromatic nitrogens is 1. The monoisotopic (exact) mass is 344 g/mol. The first-order valence-electron chi connectivity index (χ1n) is 7.18. The van der Waals surface area contributed by atoms with Crippen molar-refractivity contribution in [1.29, 1.82) is 0 Å². The predicted molar refractivity (Wildman–Crippen MR) is 80.7 cm³/mol. The number of nitrogens with zero attached hydrogens (tertiary/aromatic N) is 4. The van der Waals surface area contributed by atoms with Gasteiger partial charge < -0.3 is 9.64 Å². The molecule has 2 aliphatic rings. The van der Waals surface area contributed by atoms with Gasteiger partial charge in [-0.25, -0.2) is 23.6 Å². The number of hydrogen-bond donors (Lipinski definition) is 0. The molecule has 3 rings (SSSR count). The average Bonchev–Trinajstić information content (AvgIpc) is 2.90. The summed E-state index contributed by atoms with van der Waals surface area (Å²) in [6, 6.07) is 2.52. The summed E-state index contributed by atoms with van der Waals surface area (Å²) in [6.45, 7) is 1.12. The lowest BCUT2D eigenvalue weighted by molar-refractivity contribution is -0.144. The van der Waals surface area contributed by atoms with Gasteiger partial charge in [0.25, 0.3) is 5.92 Å². The number of hydrazone groups is 1. The molecule has 1 atom stereocenters. The van der Waals surface area contributed by atoms with Gasteiger partial charge in [0.2, 0.25) is 0 Å². The van der Waals surface area contributed by atoms with Gasteiger partial charge in [-0.05, 0) is 19.1 Å². The Labute approximate surface area is 136 Å². The molecule has 1 fully saturated rings. The first-order valence-corrected chi connectivity index (χ1v) is 7.56. The molecule has 2 aliphatic heterocycles. The molecule has 1 aromatic rings. The highest BCUT2D eigenvalue weighted by Gasteiger charge is 2.48. The highest BCUT2D eigenvalue weighted by Crippen LogP contribution is 2.34. The molecular formula is C14H15ClF2N4O2. The smallest absolute Gasteiger partial charge is 0.331 e. The largest absolute Gasteiger partial charge is 0.464 e. The van der Waals surface area contributed by atoms with Crippen LogP contribution in [0, 0.1) is 0 Å². The number of hydrogen-bond acceptors (Lipinski definition) is 6. The van der Waals surface area contributed by atoms with E-state index in [1.165, 1.54) is 16.1 Å². The number of halogens is 3. The second kappa shape index (κ2) is 5.92. The van der Waals surface area contributed by atoms with Crippen LogP contribution in [0.5, 0.6) is 0 Å². The molecule has 0 aromatic carbocycles. The number of likely N-dealkylation sites (tertiary alicyclic amines) is 1. The zero-order chi connectivity index (χ0) is 16.6. The van der Waals surface area contributed by atoms with Gasteiger partial charge in [0.15, 0.2) is 11.9 Å². The number of rotatable bonds is 3. The number of carbonyl (C=O) groups excluding carboxylic acids is 1. The molecule has 0 N–H and O–H groups in total. The molecule has 0 aliphatic carbocycles. The lowest BCUT2D eigenvalue weighted by atomic mass is 10.1. The van der Waals surface area contributed by atoms with Crippen molar-refractivity contribution >= 4 is 29.2 Å². The number of pyridine rings is 1. The number of esters is 1. The third-order valence-corrected chi connectivity index (χ3v) is 3.91. The van der Waals surface area contributed by atoms with E-state index in [2.05, 4.69) is 10.1 Å². The Morgan fingerprint density at radius 1 is 1.52 bits per heavy atom. The zero-order valence-electron chi connectivity index (χ0n) is 12.4. The van der Waals surface area contributed by atoms with Gasteiger partial charge in [-0.15, -0.1) is 0 Å². The lowest BCUT2D eigenvalue weighted by Crippen LogP contribution is -2.58. The van der Waals surface area contributed by atoms with Crippen LogP contribution in [0.25, 0.3) is 0 Å². The maximum absolute atomic E-state index is 13.1. The van der Waals surface area contributed by atoms with E-state index in [0.717, 1.165) is 0 Å². The molecule has 0 spiro atoms. The minimum atomic E-state index is -2.71. The quantitative estimate of drug-likeness (QED) is 0.786. The van der Waals surface area contributed by atoms with Crippen LogP contribution >= 0.6 is 11.6 Å². The van der Waals surface area contributed by atoms with E-state index in [1.54, 1.807) is 19.1 Å². The fourth-order valence-electron chi connectivity index (χ4n) is 2.54. The maximum atomic E-state index is 13.1. The fourth-order valence-corrected chi connectivity index (χ4v) is 2.75. The summed E-state index contributed by atoms with van der Waals surface area (Å²) in [4.78, 5) is 17.7. The molecule has 0 amide bonds. The van der Waals surface area contributed by atoms with Crippen LogP contribution < -0.4 is 5.01 Å². The molecule has 0 saturated carbocycles. The van der Waals surface area contributed by atoms with Crippen LogP contribution in [0.1, 0.15) is 13.3 Å². The second-order valence-electron chi connectivity index (χ2n) is 5.35. The molecular weight excluding hydrogens is 330 g/mol. The van der Waals surface area contributed by atoms with Gasteiger partial charge in [-0.1, -0.05) is 11.6 Å². The molecule has 6 nitrogen and oxygen atoms in total. The van der Waals surface area contributed by atoms with Crippen LogP contribution in [0.3, 0.4) is 0 Å². The zero-order valence-corrected chi connectivity index (χ0v) is 13.1. The highest BCUT2D eigenvalue weighted by molar-refractivity contribution is 6.33. The molecule has 3 heterocycles. The lowest BCUT2D eigenvalue weighted by Gasteiger charge is -2.39. The summed E-state index contributed by atoms with van der Waals surface area (Å²) in [5.74, 6) is -2.48. The van der Waals surface area contributed by atoms with Crippen molar-refractivity contribution in [3.8, 4) is 0 Å². The van der Waals surface area contributed by atoms with E-state index in [-0.39, 0.29) is 13.0 Å². The number of ether oxygens (including phenoxy) is 1. The summed E-state index contributed by atoms with van der Waals surface area (Å²) in [6.07, 6.45) is 1.70. The Balaban J connectivity index is 1.86. The van der Waals surface area contributed by atoms with E-state index in [9.17, 15) is 13.6 Å². The summed E-state index contributed by atoms with van der Waals surface area (Å²) in [5, 5.41) is 5.96. The van der Waals surface area contributed by atoms with Gasteiger partial charge in [-0.2, -0.15) is 5.10 Å². The van der Waals surface area contributed by atoms with Gasteiger partial charge in [0.1, 0.15) is 5.84 Å². The molecule has 0 radical (unpaired) electrons. The predicted octanol–water partition coefficient (Wildman–Crippen LogP) is 2.14. The van der Waals surface area contributed by atoms with E-state index >= 15 is 0 Å². The van der Waals surface area contributed by atoms with Gasteiger partial charge >= 0.3 is 5.97 Å². The van der Waals surface area contributed by atoms with Crippen molar-refractivity contribution in [3.63, 3.8) is 0 Å². The Bertz CT molecular complexity index is 647. The third kappa shape index (κ3) is 3.08. The fraction of sp³-hybridized carbons (Fsp3) is 0.500. The molecule has 1 saturated heterocycles. The van der Waals surface area contributed by atoms with Crippen LogP contribution in [-0.4, -0.2) is 53.3 Å². The van der Waals surface area contributed by atoms with E-state index < -0.39 is 31.0 Å². The highest BCUT2D eigenvalue weighted by atomic mass is 35.5. The van der Waals surface area contributed by atoms with Crippen LogP contribution in [-0.2, 0) is 9.53 Å². The van der Waals surface area contributed by atoms with Crippen molar-refractivity contribution in [2.45, 2.75) is 25.3 Å². The SMILES string of the molecule is CCOC(=O)C1CC(N2CC(F)(F)C2)=NN1c1ncccc1Cl. The van der Waals surface area contributed by atoms with Crippen LogP contribution in [0.2, 0.25) is 5.02 Å². The van der Waals surface area contributed by atoms with Gasteiger partial charge in [0.05, 0.1) is 24.7 Å². The number of carbonyl (C=O) groups is 1. The first kappa shape index (κ1) is 15.9. The van der Waals surface area contributed by atoms with Crippen molar-refractivity contribution in [2.75, 3.05) is 24.7 Å². The maximum Gasteiger partial charge on any atom is 0.331 e. The molecule has 1 aromatic heterocycles. The van der Waals surface area contributed by atoms with E-state index in [4.69, 9.17) is 16.3 Å². The summed E-state index contributed by atoms with van der Waals surface area (Å²) in [5.41, 5.74) is 0. The van der Waals surface area contributed by atoms with Crippen LogP contribution in [0.4, 0.5) is 14.6 Å². The molecule has 9 heteroatoms. The first-order chi connectivity index (χ1) is 10.9. The normalized spacial score (nSPS) is 22.6. The van der Waals surface area contributed by atoms with Crippen molar-refractivity contribution < 1.29 is 18.3 Å². The third-order valence-electron chi connectivity index (χ3n) is 3.62. The minimum absolute atomic E-state index is 0.182. The van der Waals surface area contributed by atoms with Crippen molar-refractivity contribution in [3.05, 3.63) is 23.4 Å². The van der Waals surface area contributed by atoms with Crippen molar-refractivity contribution in [2.24, 2.45) is 5.10 Å². The Kier molecular flexibility index (Phi) is 4.09. The van der Waals surface area contributed by atoms with Gasteiger partial charge in [-0.3, -0.25) is 0 Å². The minimum Gasteiger partial charge on any atom is -0.464 e. The average molecular weight is 345 g/mol. The number of amidine groups is 1. The molecule has 1 unspecified atom stereocenters. The summed E-state index contributed by atoms with van der Waals surface area (Å²) >= 11 is 6.11. The molecule has 0 bridgehead atoms.